The maximum absolute atomic E-state index is 13.5. The second-order valence-electron chi connectivity index (χ2n) is 3.50. The highest BCUT2D eigenvalue weighted by molar-refractivity contribution is 5.48. The van der Waals surface area contributed by atoms with E-state index < -0.39 is 23.1 Å². The van der Waals surface area contributed by atoms with Gasteiger partial charge in [-0.15, -0.1) is 10.2 Å². The molecule has 1 aromatic carbocycles. The number of fused-ring (bicyclic) bond motifs is 1. The van der Waals surface area contributed by atoms with Crippen molar-refractivity contribution in [2.24, 2.45) is 0 Å². The van der Waals surface area contributed by atoms with Gasteiger partial charge in [-0.1, -0.05) is 0 Å². The summed E-state index contributed by atoms with van der Waals surface area (Å²) in [6, 6.07) is 1.18. The van der Waals surface area contributed by atoms with E-state index >= 15 is 0 Å². The third-order valence-electron chi connectivity index (χ3n) is 2.33. The van der Waals surface area contributed by atoms with Gasteiger partial charge < -0.3 is 4.57 Å². The number of benzene rings is 1. The molecule has 5 nitrogen and oxygen atoms in total. The van der Waals surface area contributed by atoms with E-state index in [0.717, 1.165) is 10.9 Å². The fourth-order valence-corrected chi connectivity index (χ4v) is 1.57. The molecule has 0 atom stereocenters. The van der Waals surface area contributed by atoms with Gasteiger partial charge in [-0.2, -0.15) is 0 Å². The number of aromatic nitrogens is 5. The van der Waals surface area contributed by atoms with Crippen molar-refractivity contribution in [2.75, 3.05) is 0 Å². The van der Waals surface area contributed by atoms with Gasteiger partial charge in [0.25, 0.3) is 0 Å². The zero-order chi connectivity index (χ0) is 12.7. The molecule has 0 radical (unpaired) electrons. The Kier molecular flexibility index (Phi) is 2.22. The molecule has 0 amide bonds. The molecule has 0 bridgehead atoms. The third kappa shape index (κ3) is 1.58. The molecule has 0 N–H and O–H groups in total. The highest BCUT2D eigenvalue weighted by atomic mass is 19.1. The molecule has 0 aliphatic carbocycles. The lowest BCUT2D eigenvalue weighted by Crippen LogP contribution is -2.05. The van der Waals surface area contributed by atoms with Crippen LogP contribution in [0, 0.1) is 17.5 Å². The molecule has 18 heavy (non-hydrogen) atoms. The van der Waals surface area contributed by atoms with Gasteiger partial charge in [0.15, 0.2) is 17.3 Å². The fourth-order valence-electron chi connectivity index (χ4n) is 1.57. The van der Waals surface area contributed by atoms with Crippen molar-refractivity contribution in [3.63, 3.8) is 0 Å². The zero-order valence-electron chi connectivity index (χ0n) is 8.68. The molecular formula is C10H4F3N5. The summed E-state index contributed by atoms with van der Waals surface area (Å²) in [4.78, 5) is 3.82. The summed E-state index contributed by atoms with van der Waals surface area (Å²) < 4.78 is 40.9. The maximum Gasteiger partial charge on any atom is 0.207 e. The highest BCUT2D eigenvalue weighted by Crippen LogP contribution is 2.21. The van der Waals surface area contributed by atoms with Crippen LogP contribution in [-0.2, 0) is 0 Å². The van der Waals surface area contributed by atoms with Crippen LogP contribution in [0.2, 0.25) is 0 Å². The lowest BCUT2D eigenvalue weighted by atomic mass is 10.2. The smallest absolute Gasteiger partial charge is 0.207 e. The van der Waals surface area contributed by atoms with Gasteiger partial charge in [0.2, 0.25) is 5.82 Å². The Labute approximate surface area is 98.3 Å². The van der Waals surface area contributed by atoms with Gasteiger partial charge in [-0.3, -0.25) is 0 Å². The van der Waals surface area contributed by atoms with E-state index in [1.54, 1.807) is 0 Å². The molecule has 2 aliphatic rings. The van der Waals surface area contributed by atoms with E-state index in [1.807, 2.05) is 0 Å². The number of hydrogen-bond donors (Lipinski definition) is 0. The molecule has 8 heteroatoms. The Morgan fingerprint density at radius 1 is 1.00 bits per heavy atom. The van der Waals surface area contributed by atoms with E-state index in [4.69, 9.17) is 0 Å². The summed E-state index contributed by atoms with van der Waals surface area (Å²) in [6.45, 7) is 0. The van der Waals surface area contributed by atoms with Crippen molar-refractivity contribution in [2.45, 2.75) is 0 Å². The molecule has 1 aromatic rings. The summed E-state index contributed by atoms with van der Waals surface area (Å²) in [5, 5.41) is 10.6. The van der Waals surface area contributed by atoms with Crippen LogP contribution in [-0.4, -0.2) is 25.0 Å². The maximum atomic E-state index is 13.5. The Morgan fingerprint density at radius 3 is 2.44 bits per heavy atom. The first kappa shape index (κ1) is 10.6. The summed E-state index contributed by atoms with van der Waals surface area (Å²) in [6.07, 6.45) is 2.46. The molecule has 0 saturated heterocycles. The van der Waals surface area contributed by atoms with Gasteiger partial charge in [-0.05, 0) is 5.21 Å². The molecule has 2 heterocycles. The largest absolute Gasteiger partial charge is 0.300 e. The van der Waals surface area contributed by atoms with E-state index in [-0.39, 0.29) is 11.5 Å². The predicted octanol–water partition coefficient (Wildman–Crippen LogP) is 1.58. The van der Waals surface area contributed by atoms with Gasteiger partial charge in [0.1, 0.15) is 17.8 Å². The lowest BCUT2D eigenvalue weighted by Gasteiger charge is -2.09. The normalized spacial score (nSPS) is 11.1. The first-order valence-corrected chi connectivity index (χ1v) is 4.83. The monoisotopic (exact) mass is 251 g/mol. The van der Waals surface area contributed by atoms with Crippen LogP contribution in [0.4, 0.5) is 13.2 Å². The molecule has 0 saturated carbocycles. The number of halogens is 3. The zero-order valence-corrected chi connectivity index (χ0v) is 8.68. The molecule has 3 rings (SSSR count). The molecule has 0 spiro atoms. The van der Waals surface area contributed by atoms with E-state index in [1.165, 1.54) is 6.20 Å². The van der Waals surface area contributed by atoms with E-state index in [9.17, 15) is 13.2 Å². The van der Waals surface area contributed by atoms with E-state index in [2.05, 4.69) is 20.4 Å². The van der Waals surface area contributed by atoms with Crippen molar-refractivity contribution < 1.29 is 13.2 Å². The summed E-state index contributed by atoms with van der Waals surface area (Å²) in [5.41, 5.74) is -0.158. The molecule has 0 aromatic heterocycles. The average Bonchev–Trinajstić information content (AvgIpc) is 2.74. The number of hydrogen-bond acceptors (Lipinski definition) is 4. The predicted molar refractivity (Wildman–Crippen MR) is 53.4 cm³/mol. The van der Waals surface area contributed by atoms with Crippen molar-refractivity contribution in [3.05, 3.63) is 42.1 Å². The lowest BCUT2D eigenvalue weighted by molar-refractivity contribution is 0.533. The average molecular weight is 251 g/mol. The number of rotatable bonds is 1. The van der Waals surface area contributed by atoms with Gasteiger partial charge in [0.05, 0.1) is 0 Å². The van der Waals surface area contributed by atoms with Crippen LogP contribution in [0.3, 0.4) is 0 Å². The summed E-state index contributed by atoms with van der Waals surface area (Å²) >= 11 is 0. The minimum Gasteiger partial charge on any atom is -0.300 e. The minimum atomic E-state index is -1.04. The second kappa shape index (κ2) is 3.76. The third-order valence-corrected chi connectivity index (χ3v) is 2.33. The molecular weight excluding hydrogens is 247 g/mol. The number of nitrogens with zero attached hydrogens (tertiary/aromatic N) is 5. The van der Waals surface area contributed by atoms with Crippen molar-refractivity contribution in [1.29, 1.82) is 0 Å². The van der Waals surface area contributed by atoms with Crippen LogP contribution < -0.4 is 0 Å². The summed E-state index contributed by atoms with van der Waals surface area (Å²) in [5.74, 6) is -2.80. The first-order valence-electron chi connectivity index (χ1n) is 4.83. The Balaban J connectivity index is 2.24. The van der Waals surface area contributed by atoms with Gasteiger partial charge >= 0.3 is 0 Å². The molecule has 0 unspecified atom stereocenters. The SMILES string of the molecule is Fc1cc(F)c(-n2cnc3nnnc-3c2)c(F)c1. The van der Waals surface area contributed by atoms with Crippen molar-refractivity contribution in [1.82, 2.24) is 25.0 Å². The van der Waals surface area contributed by atoms with Gasteiger partial charge in [-0.25, -0.2) is 18.2 Å². The Hall–Kier alpha value is -2.51. The minimum absolute atomic E-state index is 0.258. The highest BCUT2D eigenvalue weighted by Gasteiger charge is 2.16. The summed E-state index contributed by atoms with van der Waals surface area (Å²) in [7, 11) is 0. The standard InChI is InChI=1S/C10H4F3N5/c11-5-1-6(12)9(7(13)2-5)18-3-8-10(14-4-18)16-17-15-8/h1-4H. The van der Waals surface area contributed by atoms with Crippen LogP contribution in [0.15, 0.2) is 24.7 Å². The fraction of sp³-hybridized carbons (Fsp3) is 0. The van der Waals surface area contributed by atoms with Crippen molar-refractivity contribution >= 4 is 0 Å². The van der Waals surface area contributed by atoms with Crippen LogP contribution in [0.5, 0.6) is 0 Å². The van der Waals surface area contributed by atoms with Crippen LogP contribution in [0.1, 0.15) is 0 Å². The molecule has 90 valence electrons. The topological polar surface area (TPSA) is 56.5 Å². The van der Waals surface area contributed by atoms with Gasteiger partial charge in [0, 0.05) is 18.3 Å². The second-order valence-corrected chi connectivity index (χ2v) is 3.50. The van der Waals surface area contributed by atoms with E-state index in [0.29, 0.717) is 12.1 Å². The van der Waals surface area contributed by atoms with Crippen LogP contribution in [0.25, 0.3) is 17.2 Å². The Morgan fingerprint density at radius 2 is 1.72 bits per heavy atom. The first-order chi connectivity index (χ1) is 8.65. The Bertz CT molecular complexity index is 673. The molecule has 0 fully saturated rings. The quantitative estimate of drug-likeness (QED) is 0.658. The van der Waals surface area contributed by atoms with Crippen LogP contribution >= 0.6 is 0 Å². The van der Waals surface area contributed by atoms with Crippen molar-refractivity contribution in [3.8, 4) is 17.2 Å². The molecule has 2 aliphatic heterocycles.